The van der Waals surface area contributed by atoms with Gasteiger partial charge in [-0.1, -0.05) is 0 Å². The zero-order chi connectivity index (χ0) is 19.5. The fourth-order valence-electron chi connectivity index (χ4n) is 4.04. The van der Waals surface area contributed by atoms with E-state index < -0.39 is 0 Å². The van der Waals surface area contributed by atoms with Crippen LogP contribution in [0.15, 0.2) is 24.3 Å². The first-order chi connectivity index (χ1) is 13.6. The summed E-state index contributed by atoms with van der Waals surface area (Å²) in [5, 5.41) is 0. The van der Waals surface area contributed by atoms with Gasteiger partial charge in [0.25, 0.3) is 5.91 Å². The smallest absolute Gasteiger partial charge is 0.253 e. The quantitative estimate of drug-likeness (QED) is 0.785. The molecule has 1 unspecified atom stereocenters. The van der Waals surface area contributed by atoms with Crippen molar-refractivity contribution in [2.75, 3.05) is 52.4 Å². The summed E-state index contributed by atoms with van der Waals surface area (Å²) in [6, 6.07) is 5.74. The van der Waals surface area contributed by atoms with Crippen molar-refractivity contribution in [3.63, 3.8) is 0 Å². The van der Waals surface area contributed by atoms with Gasteiger partial charge in [-0.2, -0.15) is 0 Å². The molecule has 6 nitrogen and oxygen atoms in total. The maximum absolute atomic E-state index is 13.1. The van der Waals surface area contributed by atoms with Gasteiger partial charge in [-0.15, -0.1) is 0 Å². The van der Waals surface area contributed by atoms with Gasteiger partial charge >= 0.3 is 0 Å². The number of rotatable bonds is 4. The summed E-state index contributed by atoms with van der Waals surface area (Å²) in [7, 11) is 0. The predicted molar refractivity (Wildman–Crippen MR) is 102 cm³/mol. The number of benzene rings is 1. The van der Waals surface area contributed by atoms with Gasteiger partial charge in [-0.25, -0.2) is 4.39 Å². The van der Waals surface area contributed by atoms with E-state index in [1.165, 1.54) is 12.1 Å². The number of carbonyl (C=O) groups excluding carboxylic acids is 2. The van der Waals surface area contributed by atoms with Crippen molar-refractivity contribution in [3.05, 3.63) is 35.6 Å². The Balaban J connectivity index is 1.28. The monoisotopic (exact) mass is 389 g/mol. The summed E-state index contributed by atoms with van der Waals surface area (Å²) in [6.45, 7) is 5.79. The first kappa shape index (κ1) is 19.3. The molecule has 2 amide bonds. The summed E-state index contributed by atoms with van der Waals surface area (Å²) < 4.78 is 19.0. The second-order valence-corrected chi connectivity index (χ2v) is 8.00. The molecule has 3 fully saturated rings. The van der Waals surface area contributed by atoms with Crippen molar-refractivity contribution in [2.45, 2.75) is 25.4 Å². The highest BCUT2D eigenvalue weighted by molar-refractivity contribution is 5.94. The third kappa shape index (κ3) is 4.70. The molecule has 1 aromatic rings. The SMILES string of the molecule is O=C(c1ccc(F)cc1)N1CCCN(CC2CN(C(=O)C3CC3)CCO2)CC1. The van der Waals surface area contributed by atoms with Crippen LogP contribution in [0.3, 0.4) is 0 Å². The molecular formula is C21H28FN3O3. The lowest BCUT2D eigenvalue weighted by atomic mass is 10.2. The number of nitrogens with zero attached hydrogens (tertiary/aromatic N) is 3. The molecule has 1 atom stereocenters. The number of halogens is 1. The van der Waals surface area contributed by atoms with Crippen LogP contribution in [0.2, 0.25) is 0 Å². The van der Waals surface area contributed by atoms with E-state index in [0.29, 0.717) is 44.3 Å². The molecule has 2 heterocycles. The van der Waals surface area contributed by atoms with Crippen LogP contribution in [0.5, 0.6) is 0 Å². The number of carbonyl (C=O) groups is 2. The van der Waals surface area contributed by atoms with Crippen LogP contribution >= 0.6 is 0 Å². The van der Waals surface area contributed by atoms with Crippen LogP contribution in [-0.4, -0.2) is 85.0 Å². The van der Waals surface area contributed by atoms with Gasteiger partial charge in [0.1, 0.15) is 5.82 Å². The minimum Gasteiger partial charge on any atom is -0.373 e. The van der Waals surface area contributed by atoms with Crippen molar-refractivity contribution in [3.8, 4) is 0 Å². The fourth-order valence-corrected chi connectivity index (χ4v) is 4.04. The molecule has 1 aromatic carbocycles. The van der Waals surface area contributed by atoms with Gasteiger partial charge in [-0.05, 0) is 50.1 Å². The molecule has 0 bridgehead atoms. The summed E-state index contributed by atoms with van der Waals surface area (Å²) in [4.78, 5) is 31.1. The lowest BCUT2D eigenvalue weighted by Gasteiger charge is -2.35. The Kier molecular flexibility index (Phi) is 5.92. The zero-order valence-electron chi connectivity index (χ0n) is 16.2. The van der Waals surface area contributed by atoms with Crippen molar-refractivity contribution in [1.29, 1.82) is 0 Å². The van der Waals surface area contributed by atoms with Crippen LogP contribution < -0.4 is 0 Å². The molecule has 0 N–H and O–H groups in total. The second kappa shape index (κ2) is 8.57. The highest BCUT2D eigenvalue weighted by Crippen LogP contribution is 2.31. The highest BCUT2D eigenvalue weighted by atomic mass is 19.1. The van der Waals surface area contributed by atoms with Crippen molar-refractivity contribution in [1.82, 2.24) is 14.7 Å². The normalized spacial score (nSPS) is 24.1. The number of ether oxygens (including phenoxy) is 1. The van der Waals surface area contributed by atoms with E-state index in [4.69, 9.17) is 4.74 Å². The molecule has 1 saturated carbocycles. The Hall–Kier alpha value is -1.99. The molecule has 1 aliphatic carbocycles. The molecule has 3 aliphatic rings. The van der Waals surface area contributed by atoms with E-state index in [0.717, 1.165) is 38.9 Å². The molecular weight excluding hydrogens is 361 g/mol. The average Bonchev–Trinajstić information content (AvgIpc) is 3.56. The molecule has 28 heavy (non-hydrogen) atoms. The molecule has 2 aliphatic heterocycles. The van der Waals surface area contributed by atoms with Crippen molar-refractivity contribution < 1.29 is 18.7 Å². The Morgan fingerprint density at radius 3 is 2.54 bits per heavy atom. The average molecular weight is 389 g/mol. The third-order valence-electron chi connectivity index (χ3n) is 5.81. The topological polar surface area (TPSA) is 53.1 Å². The number of hydrogen-bond acceptors (Lipinski definition) is 4. The third-order valence-corrected chi connectivity index (χ3v) is 5.81. The largest absolute Gasteiger partial charge is 0.373 e. The van der Waals surface area contributed by atoms with Gasteiger partial charge in [0.15, 0.2) is 0 Å². The Morgan fingerprint density at radius 2 is 1.79 bits per heavy atom. The zero-order valence-corrected chi connectivity index (χ0v) is 16.2. The van der Waals surface area contributed by atoms with Gasteiger partial charge in [0.05, 0.1) is 12.7 Å². The van der Waals surface area contributed by atoms with Crippen LogP contribution in [-0.2, 0) is 9.53 Å². The van der Waals surface area contributed by atoms with Crippen molar-refractivity contribution in [2.24, 2.45) is 5.92 Å². The van der Waals surface area contributed by atoms with Gasteiger partial charge < -0.3 is 14.5 Å². The van der Waals surface area contributed by atoms with E-state index in [9.17, 15) is 14.0 Å². The van der Waals surface area contributed by atoms with Crippen LogP contribution in [0.1, 0.15) is 29.6 Å². The number of morpholine rings is 1. The molecule has 0 spiro atoms. The maximum atomic E-state index is 13.1. The predicted octanol–water partition coefficient (Wildman–Crippen LogP) is 1.61. The minimum atomic E-state index is -0.333. The second-order valence-electron chi connectivity index (χ2n) is 8.00. The first-order valence-electron chi connectivity index (χ1n) is 10.3. The van der Waals surface area contributed by atoms with E-state index in [2.05, 4.69) is 4.90 Å². The Bertz CT molecular complexity index is 707. The first-order valence-corrected chi connectivity index (χ1v) is 10.3. The fraction of sp³-hybridized carbons (Fsp3) is 0.619. The van der Waals surface area contributed by atoms with E-state index in [1.807, 2.05) is 9.80 Å². The summed E-state index contributed by atoms with van der Waals surface area (Å²) in [5.41, 5.74) is 0.527. The minimum absolute atomic E-state index is 0.0378. The standard InChI is InChI=1S/C21H28FN3O3/c22-18-6-4-17(5-7-18)20(26)24-9-1-8-23(10-11-24)14-19-15-25(12-13-28-19)21(27)16-2-3-16/h4-7,16,19H,1-3,8-15H2. The van der Waals surface area contributed by atoms with Gasteiger partial charge in [0, 0.05) is 50.7 Å². The molecule has 2 saturated heterocycles. The highest BCUT2D eigenvalue weighted by Gasteiger charge is 2.36. The summed E-state index contributed by atoms with van der Waals surface area (Å²) >= 11 is 0. The Morgan fingerprint density at radius 1 is 1.00 bits per heavy atom. The van der Waals surface area contributed by atoms with E-state index >= 15 is 0 Å². The van der Waals surface area contributed by atoms with E-state index in [1.54, 1.807) is 12.1 Å². The maximum Gasteiger partial charge on any atom is 0.253 e. The molecule has 4 rings (SSSR count). The Labute approximate surface area is 165 Å². The lowest BCUT2D eigenvalue weighted by Crippen LogP contribution is -2.50. The van der Waals surface area contributed by atoms with Crippen LogP contribution in [0, 0.1) is 11.7 Å². The van der Waals surface area contributed by atoms with Crippen LogP contribution in [0.4, 0.5) is 4.39 Å². The van der Waals surface area contributed by atoms with Crippen molar-refractivity contribution >= 4 is 11.8 Å². The summed E-state index contributed by atoms with van der Waals surface area (Å²) in [5.74, 6) is 0.167. The molecule has 7 heteroatoms. The summed E-state index contributed by atoms with van der Waals surface area (Å²) in [6.07, 6.45) is 3.00. The molecule has 0 radical (unpaired) electrons. The van der Waals surface area contributed by atoms with Gasteiger partial charge in [0.2, 0.25) is 5.91 Å². The number of amides is 2. The molecule has 152 valence electrons. The van der Waals surface area contributed by atoms with E-state index in [-0.39, 0.29) is 23.7 Å². The van der Waals surface area contributed by atoms with Gasteiger partial charge in [-0.3, -0.25) is 14.5 Å². The van der Waals surface area contributed by atoms with Crippen LogP contribution in [0.25, 0.3) is 0 Å². The molecule has 0 aromatic heterocycles. The number of hydrogen-bond donors (Lipinski definition) is 0. The lowest BCUT2D eigenvalue weighted by molar-refractivity contribution is -0.140.